The average molecular weight is 339 g/mol. The van der Waals surface area contributed by atoms with Gasteiger partial charge in [0.1, 0.15) is 5.82 Å². The second-order valence-corrected chi connectivity index (χ2v) is 7.23. The largest absolute Gasteiger partial charge is 0.369 e. The van der Waals surface area contributed by atoms with Crippen LogP contribution >= 0.6 is 0 Å². The summed E-state index contributed by atoms with van der Waals surface area (Å²) in [4.78, 5) is 14.2. The van der Waals surface area contributed by atoms with Gasteiger partial charge in [-0.15, -0.1) is 0 Å². The van der Waals surface area contributed by atoms with E-state index >= 15 is 0 Å². The molecule has 5 heteroatoms. The zero-order chi connectivity index (χ0) is 17.6. The van der Waals surface area contributed by atoms with Crippen LogP contribution < -0.4 is 10.2 Å². The Kier molecular flexibility index (Phi) is 5.87. The lowest BCUT2D eigenvalue weighted by Gasteiger charge is -2.31. The first kappa shape index (κ1) is 17.7. The summed E-state index contributed by atoms with van der Waals surface area (Å²) in [5.74, 6) is 2.45. The Labute approximate surface area is 151 Å². The molecule has 1 N–H and O–H groups in total. The fraction of sp³-hybridized carbons (Fsp3) is 0.500. The van der Waals surface area contributed by atoms with Gasteiger partial charge in [-0.3, -0.25) is 0 Å². The van der Waals surface area contributed by atoms with Gasteiger partial charge < -0.3 is 15.1 Å². The van der Waals surface area contributed by atoms with Gasteiger partial charge in [0.15, 0.2) is 0 Å². The van der Waals surface area contributed by atoms with Gasteiger partial charge in [-0.1, -0.05) is 37.3 Å². The van der Waals surface area contributed by atoms with E-state index in [0.29, 0.717) is 5.92 Å². The van der Waals surface area contributed by atoms with Crippen molar-refractivity contribution in [1.82, 2.24) is 14.9 Å². The molecular formula is C20H29N5. The van der Waals surface area contributed by atoms with Crippen molar-refractivity contribution in [3.63, 3.8) is 0 Å². The van der Waals surface area contributed by atoms with Crippen molar-refractivity contribution >= 4 is 11.8 Å². The summed E-state index contributed by atoms with van der Waals surface area (Å²) in [5.41, 5.74) is 2.11. The Morgan fingerprint density at radius 1 is 1.20 bits per heavy atom. The molecule has 1 unspecified atom stereocenters. The van der Waals surface area contributed by atoms with Crippen molar-refractivity contribution in [1.29, 1.82) is 0 Å². The zero-order valence-corrected chi connectivity index (χ0v) is 15.6. The van der Waals surface area contributed by atoms with Crippen molar-refractivity contribution in [2.75, 3.05) is 50.5 Å². The lowest BCUT2D eigenvalue weighted by atomic mass is 10.0. The maximum absolute atomic E-state index is 4.87. The predicted octanol–water partition coefficient (Wildman–Crippen LogP) is 3.35. The van der Waals surface area contributed by atoms with Crippen molar-refractivity contribution < 1.29 is 0 Å². The second-order valence-electron chi connectivity index (χ2n) is 7.23. The number of aromatic nitrogens is 2. The van der Waals surface area contributed by atoms with Crippen LogP contribution in [0.5, 0.6) is 0 Å². The molecule has 1 aliphatic heterocycles. The van der Waals surface area contributed by atoms with E-state index in [2.05, 4.69) is 66.5 Å². The van der Waals surface area contributed by atoms with Crippen LogP contribution in [0, 0.1) is 5.92 Å². The summed E-state index contributed by atoms with van der Waals surface area (Å²) in [6.07, 6.45) is 2.51. The monoisotopic (exact) mass is 339 g/mol. The molecule has 0 radical (unpaired) electrons. The van der Waals surface area contributed by atoms with Crippen molar-refractivity contribution in [3.05, 3.63) is 36.4 Å². The van der Waals surface area contributed by atoms with Crippen molar-refractivity contribution in [2.45, 2.75) is 19.8 Å². The Balaban J connectivity index is 1.87. The van der Waals surface area contributed by atoms with E-state index in [9.17, 15) is 0 Å². The van der Waals surface area contributed by atoms with Crippen LogP contribution in [-0.4, -0.2) is 55.1 Å². The number of hydrogen-bond donors (Lipinski definition) is 1. The van der Waals surface area contributed by atoms with E-state index in [4.69, 9.17) is 9.97 Å². The summed E-state index contributed by atoms with van der Waals surface area (Å²) in [7, 11) is 4.16. The quantitative estimate of drug-likeness (QED) is 0.874. The standard InChI is InChI=1S/C20H29N5/c1-16-8-7-12-25(15-16)20-22-18(17-9-5-4-6-10-17)14-19(23-20)21-11-13-24(2)3/h4-6,9-10,14,16H,7-8,11-13,15H2,1-3H3,(H,21,22,23). The topological polar surface area (TPSA) is 44.3 Å². The normalized spacial score (nSPS) is 17.8. The number of benzene rings is 1. The SMILES string of the molecule is CC1CCCN(c2nc(NCCN(C)C)cc(-c3ccccc3)n2)C1. The zero-order valence-electron chi connectivity index (χ0n) is 15.6. The van der Waals surface area contributed by atoms with E-state index in [-0.39, 0.29) is 0 Å². The third kappa shape index (κ3) is 4.92. The molecule has 0 bridgehead atoms. The highest BCUT2D eigenvalue weighted by molar-refractivity contribution is 5.64. The average Bonchev–Trinajstić information content (AvgIpc) is 2.62. The maximum atomic E-state index is 4.87. The summed E-state index contributed by atoms with van der Waals surface area (Å²) >= 11 is 0. The number of nitrogens with one attached hydrogen (secondary N) is 1. The molecule has 3 rings (SSSR count). The number of piperidine rings is 1. The summed E-state index contributed by atoms with van der Waals surface area (Å²) in [6, 6.07) is 12.4. The molecule has 25 heavy (non-hydrogen) atoms. The third-order valence-corrected chi connectivity index (χ3v) is 4.59. The molecule has 0 aliphatic carbocycles. The molecule has 1 atom stereocenters. The number of hydrogen-bond acceptors (Lipinski definition) is 5. The van der Waals surface area contributed by atoms with Crippen LogP contribution in [0.4, 0.5) is 11.8 Å². The molecule has 2 heterocycles. The molecule has 2 aromatic rings. The lowest BCUT2D eigenvalue weighted by Crippen LogP contribution is -2.35. The fourth-order valence-corrected chi connectivity index (χ4v) is 3.20. The smallest absolute Gasteiger partial charge is 0.227 e. The number of nitrogens with zero attached hydrogens (tertiary/aromatic N) is 4. The van der Waals surface area contributed by atoms with Crippen LogP contribution in [0.1, 0.15) is 19.8 Å². The minimum atomic E-state index is 0.697. The molecule has 0 amide bonds. The van der Waals surface area contributed by atoms with E-state index in [0.717, 1.165) is 49.2 Å². The Hall–Kier alpha value is -2.14. The fourth-order valence-electron chi connectivity index (χ4n) is 3.20. The molecule has 0 spiro atoms. The highest BCUT2D eigenvalue weighted by Gasteiger charge is 2.20. The van der Waals surface area contributed by atoms with Gasteiger partial charge in [0.25, 0.3) is 0 Å². The molecule has 134 valence electrons. The number of rotatable bonds is 6. The molecule has 5 nitrogen and oxygen atoms in total. The van der Waals surface area contributed by atoms with Gasteiger partial charge >= 0.3 is 0 Å². The van der Waals surface area contributed by atoms with E-state index < -0.39 is 0 Å². The first-order valence-corrected chi connectivity index (χ1v) is 9.20. The minimum absolute atomic E-state index is 0.697. The van der Waals surface area contributed by atoms with Gasteiger partial charge in [0.2, 0.25) is 5.95 Å². The maximum Gasteiger partial charge on any atom is 0.227 e. The van der Waals surface area contributed by atoms with Crippen LogP contribution in [0.15, 0.2) is 36.4 Å². The van der Waals surface area contributed by atoms with Gasteiger partial charge in [-0.25, -0.2) is 4.98 Å². The Bertz CT molecular complexity index is 671. The van der Waals surface area contributed by atoms with E-state index in [1.165, 1.54) is 12.8 Å². The highest BCUT2D eigenvalue weighted by atomic mass is 15.3. The van der Waals surface area contributed by atoms with Gasteiger partial charge in [0.05, 0.1) is 5.69 Å². The number of likely N-dealkylation sites (N-methyl/N-ethyl adjacent to an activating group) is 1. The Morgan fingerprint density at radius 3 is 2.72 bits per heavy atom. The molecule has 0 saturated carbocycles. The van der Waals surface area contributed by atoms with Crippen molar-refractivity contribution in [3.8, 4) is 11.3 Å². The molecule has 1 fully saturated rings. The summed E-state index contributed by atoms with van der Waals surface area (Å²) < 4.78 is 0. The van der Waals surface area contributed by atoms with Crippen LogP contribution in [-0.2, 0) is 0 Å². The van der Waals surface area contributed by atoms with Crippen LogP contribution in [0.3, 0.4) is 0 Å². The van der Waals surface area contributed by atoms with Crippen LogP contribution in [0.25, 0.3) is 11.3 Å². The first-order valence-electron chi connectivity index (χ1n) is 9.20. The summed E-state index contributed by atoms with van der Waals surface area (Å²) in [6.45, 7) is 6.23. The molecule has 1 aromatic heterocycles. The Morgan fingerprint density at radius 2 is 2.00 bits per heavy atom. The highest BCUT2D eigenvalue weighted by Crippen LogP contribution is 2.25. The minimum Gasteiger partial charge on any atom is -0.369 e. The van der Waals surface area contributed by atoms with E-state index in [1.54, 1.807) is 0 Å². The first-order chi connectivity index (χ1) is 12.1. The van der Waals surface area contributed by atoms with Crippen molar-refractivity contribution in [2.24, 2.45) is 5.92 Å². The van der Waals surface area contributed by atoms with Crippen LogP contribution in [0.2, 0.25) is 0 Å². The van der Waals surface area contributed by atoms with Gasteiger partial charge in [-0.2, -0.15) is 4.98 Å². The molecular weight excluding hydrogens is 310 g/mol. The third-order valence-electron chi connectivity index (χ3n) is 4.59. The predicted molar refractivity (Wildman–Crippen MR) is 105 cm³/mol. The molecule has 1 aromatic carbocycles. The molecule has 1 saturated heterocycles. The summed E-state index contributed by atoms with van der Waals surface area (Å²) in [5, 5.41) is 3.46. The molecule has 1 aliphatic rings. The van der Waals surface area contributed by atoms with E-state index in [1.807, 2.05) is 6.07 Å². The van der Waals surface area contributed by atoms with Gasteiger partial charge in [-0.05, 0) is 32.9 Å². The lowest BCUT2D eigenvalue weighted by molar-refractivity contribution is 0.425. The van der Waals surface area contributed by atoms with Gasteiger partial charge in [0, 0.05) is 37.8 Å². The number of anilines is 2. The second kappa shape index (κ2) is 8.30.